The number of ether oxygens (including phenoxy) is 1. The molecule has 2 aliphatic rings. The fraction of sp³-hybridized carbons (Fsp3) is 0.317. The molecule has 56 heavy (non-hydrogen) atoms. The van der Waals surface area contributed by atoms with Crippen LogP contribution in [0, 0.1) is 31.1 Å². The number of carbonyl (C=O) groups is 1. The van der Waals surface area contributed by atoms with Crippen molar-refractivity contribution in [3.63, 3.8) is 0 Å². The van der Waals surface area contributed by atoms with Gasteiger partial charge in [-0.25, -0.2) is 9.97 Å². The number of halogens is 5. The average Bonchev–Trinajstić information content (AvgIpc) is 3.87. The third kappa shape index (κ3) is 6.94. The van der Waals surface area contributed by atoms with Crippen molar-refractivity contribution in [1.82, 2.24) is 19.8 Å². The molecule has 4 heterocycles. The van der Waals surface area contributed by atoms with Crippen molar-refractivity contribution in [2.24, 2.45) is 5.92 Å². The quantitative estimate of drug-likeness (QED) is 0.135. The molecule has 1 atom stereocenters. The number of carboxylic acids is 1. The van der Waals surface area contributed by atoms with Crippen LogP contribution in [0.15, 0.2) is 69.5 Å². The first kappa shape index (κ1) is 37.1. The van der Waals surface area contributed by atoms with Crippen LogP contribution in [0.3, 0.4) is 0 Å². The molecule has 8 rings (SSSR count). The van der Waals surface area contributed by atoms with E-state index in [9.17, 15) is 37.1 Å². The van der Waals surface area contributed by atoms with Crippen molar-refractivity contribution in [1.29, 1.82) is 5.26 Å². The zero-order valence-corrected chi connectivity index (χ0v) is 30.2. The van der Waals surface area contributed by atoms with Gasteiger partial charge in [0.25, 0.3) is 0 Å². The van der Waals surface area contributed by atoms with E-state index in [1.165, 1.54) is 6.07 Å². The Bertz CT molecular complexity index is 2530. The van der Waals surface area contributed by atoms with E-state index in [0.717, 1.165) is 22.3 Å². The second-order valence-corrected chi connectivity index (χ2v) is 14.3. The van der Waals surface area contributed by atoms with Crippen LogP contribution >= 0.6 is 0 Å². The van der Waals surface area contributed by atoms with Gasteiger partial charge in [0, 0.05) is 48.9 Å². The second-order valence-electron chi connectivity index (χ2n) is 14.3. The van der Waals surface area contributed by atoms with E-state index < -0.39 is 30.7 Å². The van der Waals surface area contributed by atoms with Crippen molar-refractivity contribution in [3.05, 3.63) is 88.5 Å². The van der Waals surface area contributed by atoms with Gasteiger partial charge in [-0.2, -0.15) is 27.2 Å². The Morgan fingerprint density at radius 1 is 0.946 bits per heavy atom. The summed E-state index contributed by atoms with van der Waals surface area (Å²) in [5, 5.41) is 19.6. The number of oxazole rings is 2. The van der Waals surface area contributed by atoms with Crippen LogP contribution in [-0.2, 0) is 17.9 Å². The molecule has 0 saturated carbocycles. The number of carboxylic acid groups (broad SMARTS) is 1. The van der Waals surface area contributed by atoms with Crippen LogP contribution in [0.5, 0.6) is 5.75 Å². The Balaban J connectivity index is 1.10. The summed E-state index contributed by atoms with van der Waals surface area (Å²) in [5.41, 5.74) is 7.29. The number of likely N-dealkylation sites (tertiary alicyclic amines) is 2. The second kappa shape index (κ2) is 14.3. The number of rotatable bonds is 10. The van der Waals surface area contributed by atoms with Crippen molar-refractivity contribution in [3.8, 4) is 45.9 Å². The molecule has 2 fully saturated rings. The highest BCUT2D eigenvalue weighted by molar-refractivity contribution is 5.86. The highest BCUT2D eigenvalue weighted by Crippen LogP contribution is 2.40. The molecule has 15 heteroatoms. The summed E-state index contributed by atoms with van der Waals surface area (Å²) in [6.45, 7) is 1.38. The number of hydrogen-bond donors (Lipinski definition) is 1. The topological polar surface area (TPSA) is 129 Å². The molecule has 4 aromatic carbocycles. The van der Waals surface area contributed by atoms with Gasteiger partial charge in [-0.05, 0) is 91.4 Å². The summed E-state index contributed by atoms with van der Waals surface area (Å²) in [6, 6.07) is 19.0. The number of hydrogen-bond acceptors (Lipinski definition) is 9. The number of aliphatic carboxylic acids is 1. The predicted molar refractivity (Wildman–Crippen MR) is 195 cm³/mol. The summed E-state index contributed by atoms with van der Waals surface area (Å²) in [7, 11) is 0. The van der Waals surface area contributed by atoms with Gasteiger partial charge < -0.3 is 18.7 Å². The van der Waals surface area contributed by atoms with Gasteiger partial charge in [0.15, 0.2) is 11.2 Å². The first-order valence-corrected chi connectivity index (χ1v) is 18.0. The third-order valence-electron chi connectivity index (χ3n) is 10.7. The van der Waals surface area contributed by atoms with Crippen LogP contribution in [0.4, 0.5) is 22.0 Å². The van der Waals surface area contributed by atoms with Crippen molar-refractivity contribution >= 4 is 28.2 Å². The van der Waals surface area contributed by atoms with Crippen LogP contribution in [0.25, 0.3) is 56.2 Å². The van der Waals surface area contributed by atoms with Gasteiger partial charge in [0.1, 0.15) is 28.9 Å². The van der Waals surface area contributed by atoms with E-state index in [-0.39, 0.29) is 60.4 Å². The van der Waals surface area contributed by atoms with E-state index in [1.54, 1.807) is 28.0 Å². The van der Waals surface area contributed by atoms with Crippen LogP contribution in [0.2, 0.25) is 0 Å². The fourth-order valence-electron chi connectivity index (χ4n) is 7.82. The fourth-order valence-corrected chi connectivity index (χ4v) is 7.82. The molecule has 10 nitrogen and oxygen atoms in total. The van der Waals surface area contributed by atoms with Gasteiger partial charge in [0.05, 0.1) is 11.5 Å². The zero-order valence-electron chi connectivity index (χ0n) is 30.2. The van der Waals surface area contributed by atoms with Crippen molar-refractivity contribution in [2.45, 2.75) is 58.6 Å². The first-order chi connectivity index (χ1) is 26.8. The molecule has 0 radical (unpaired) electrons. The Labute approximate surface area is 316 Å². The summed E-state index contributed by atoms with van der Waals surface area (Å²) >= 11 is 0. The maximum Gasteiger partial charge on any atom is 0.394 e. The maximum absolute atomic E-state index is 13.5. The monoisotopic (exact) mass is 771 g/mol. The lowest BCUT2D eigenvalue weighted by Gasteiger charge is -2.40. The Morgan fingerprint density at radius 2 is 1.59 bits per heavy atom. The molecular weight excluding hydrogens is 737 g/mol. The Morgan fingerprint density at radius 3 is 2.21 bits per heavy atom. The van der Waals surface area contributed by atoms with Gasteiger partial charge >= 0.3 is 18.8 Å². The summed E-state index contributed by atoms with van der Waals surface area (Å²) in [4.78, 5) is 24.6. The Hall–Kier alpha value is -5.85. The summed E-state index contributed by atoms with van der Waals surface area (Å²) < 4.78 is 83.2. The SMILES string of the molecule is Cc1c(-c2nc3cc(CN4CCC[C@H]4C(=O)O)c(OC(F)F)cc3o2)cccc1-c1cccc(-c2nc3cc(CN4CC(C(F)(F)F)C4)cc(C#N)c3o2)c1C. The molecule has 288 valence electrons. The van der Waals surface area contributed by atoms with Crippen LogP contribution in [-0.4, -0.2) is 69.3 Å². The van der Waals surface area contributed by atoms with Gasteiger partial charge in [-0.3, -0.25) is 14.6 Å². The van der Waals surface area contributed by atoms with E-state index in [0.29, 0.717) is 52.7 Å². The largest absolute Gasteiger partial charge is 0.480 e. The minimum atomic E-state index is -4.23. The summed E-state index contributed by atoms with van der Waals surface area (Å²) in [6.07, 6.45) is -3.09. The standard InChI is InChI=1S/C41H34F5N5O5/c1-21-27(6-3-8-29(21)37-48-31-14-25(18-51-11-5-10-33(51)39(52)53)34(55-40(42)43)15-35(31)54-37)28-7-4-9-30(22(28)2)38-49-32-13-23(12-24(16-47)36(32)56-38)17-50-19-26(20-50)41(44,45)46/h3-4,6-9,12-15,26,33,40H,5,10-11,17-20H2,1-2H3,(H,52,53)/t33-/m0/s1. The van der Waals surface area contributed by atoms with Gasteiger partial charge in [-0.1, -0.05) is 24.3 Å². The number of nitrogens with zero attached hydrogens (tertiary/aromatic N) is 5. The molecule has 0 amide bonds. The molecule has 1 N–H and O–H groups in total. The van der Waals surface area contributed by atoms with Crippen molar-refractivity contribution in [2.75, 3.05) is 19.6 Å². The number of fused-ring (bicyclic) bond motifs is 2. The Kier molecular flexibility index (Phi) is 9.50. The number of alkyl halides is 5. The normalized spacial score (nSPS) is 16.9. The van der Waals surface area contributed by atoms with E-state index in [4.69, 9.17) is 23.5 Å². The molecule has 0 spiro atoms. The summed E-state index contributed by atoms with van der Waals surface area (Å²) in [5.74, 6) is -1.90. The minimum Gasteiger partial charge on any atom is -0.480 e. The maximum atomic E-state index is 13.5. The molecule has 2 aromatic heterocycles. The number of nitriles is 1. The van der Waals surface area contributed by atoms with Gasteiger partial charge in [-0.15, -0.1) is 0 Å². The zero-order chi connectivity index (χ0) is 39.5. The van der Waals surface area contributed by atoms with Crippen molar-refractivity contribution < 1.29 is 45.4 Å². The average molecular weight is 772 g/mol. The lowest BCUT2D eigenvalue weighted by atomic mass is 9.91. The lowest BCUT2D eigenvalue weighted by molar-refractivity contribution is -0.210. The smallest absolute Gasteiger partial charge is 0.394 e. The molecule has 2 saturated heterocycles. The van der Waals surface area contributed by atoms with Crippen LogP contribution < -0.4 is 4.74 Å². The molecule has 0 bridgehead atoms. The molecule has 6 aromatic rings. The van der Waals surface area contributed by atoms with Gasteiger partial charge in [0.2, 0.25) is 11.8 Å². The van der Waals surface area contributed by atoms with E-state index in [1.807, 2.05) is 50.2 Å². The number of aromatic nitrogens is 2. The minimum absolute atomic E-state index is 0.0880. The predicted octanol–water partition coefficient (Wildman–Crippen LogP) is 9.10. The van der Waals surface area contributed by atoms with E-state index in [2.05, 4.69) is 6.07 Å². The molecular formula is C41H34F5N5O5. The third-order valence-corrected chi connectivity index (χ3v) is 10.7. The molecule has 0 aliphatic carbocycles. The molecule has 2 aliphatic heterocycles. The highest BCUT2D eigenvalue weighted by Gasteiger charge is 2.47. The highest BCUT2D eigenvalue weighted by atomic mass is 19.4. The lowest BCUT2D eigenvalue weighted by Crippen LogP contribution is -2.52. The van der Waals surface area contributed by atoms with Crippen LogP contribution in [0.1, 0.15) is 40.7 Å². The molecule has 0 unspecified atom stereocenters. The first-order valence-electron chi connectivity index (χ1n) is 18.0. The van der Waals surface area contributed by atoms with E-state index >= 15 is 0 Å². The number of benzene rings is 4.